The number of aldehydes is 1. The number of nitrogens with one attached hydrogen (secondary N) is 1. The van der Waals surface area contributed by atoms with E-state index in [1.165, 1.54) is 10.8 Å². The third kappa shape index (κ3) is 2.78. The highest BCUT2D eigenvalue weighted by Gasteiger charge is 2.21. The Balaban J connectivity index is 2.07. The van der Waals surface area contributed by atoms with Crippen LogP contribution in [-0.2, 0) is 4.79 Å². The zero-order valence-corrected chi connectivity index (χ0v) is 12.5. The molecule has 0 spiro atoms. The molecule has 0 saturated carbocycles. The van der Waals surface area contributed by atoms with E-state index in [1.54, 1.807) is 31.4 Å². The molecule has 1 aliphatic rings. The van der Waals surface area contributed by atoms with E-state index in [9.17, 15) is 9.59 Å². The molecule has 0 atom stereocenters. The van der Waals surface area contributed by atoms with Gasteiger partial charge in [0.25, 0.3) is 0 Å². The lowest BCUT2D eigenvalue weighted by Crippen LogP contribution is -2.31. The first-order chi connectivity index (χ1) is 11.3. The molecule has 23 heavy (non-hydrogen) atoms. The fourth-order valence-electron chi connectivity index (χ4n) is 2.38. The van der Waals surface area contributed by atoms with Gasteiger partial charge in [-0.15, -0.1) is 0 Å². The molecular formula is C15H15N5O3. The van der Waals surface area contributed by atoms with Gasteiger partial charge in [0.15, 0.2) is 23.3 Å². The standard InChI is InChI=1S/C15H15N5O3/c1-16-18-14-7-12(2-3-19(14)10-22)20-4-5-23-13-6-11(9-21)8-17-15(13)20/h2-3,6-10,16H,4-5H2,1H3/b18-14-. The average molecular weight is 313 g/mol. The number of nitrogens with zero attached hydrogens (tertiary/aromatic N) is 4. The molecular weight excluding hydrogens is 298 g/mol. The Morgan fingerprint density at radius 3 is 3.00 bits per heavy atom. The predicted octanol–water partition coefficient (Wildman–Crippen LogP) is 0.299. The molecule has 0 aliphatic carbocycles. The minimum Gasteiger partial charge on any atom is -0.488 e. The lowest BCUT2D eigenvalue weighted by Gasteiger charge is -2.30. The number of fused-ring (bicyclic) bond motifs is 1. The summed E-state index contributed by atoms with van der Waals surface area (Å²) >= 11 is 0. The summed E-state index contributed by atoms with van der Waals surface area (Å²) in [4.78, 5) is 28.2. The van der Waals surface area contributed by atoms with Gasteiger partial charge in [0.05, 0.1) is 6.54 Å². The molecule has 8 nitrogen and oxygen atoms in total. The van der Waals surface area contributed by atoms with Crippen LogP contribution < -0.4 is 20.6 Å². The third-order valence-electron chi connectivity index (χ3n) is 3.42. The van der Waals surface area contributed by atoms with Crippen LogP contribution in [-0.4, -0.2) is 42.4 Å². The van der Waals surface area contributed by atoms with Crippen LogP contribution in [0.5, 0.6) is 5.75 Å². The molecule has 8 heteroatoms. The number of hydrogen-bond donors (Lipinski definition) is 1. The molecule has 2 aromatic heterocycles. The first-order valence-electron chi connectivity index (χ1n) is 7.00. The Morgan fingerprint density at radius 2 is 2.26 bits per heavy atom. The lowest BCUT2D eigenvalue weighted by atomic mass is 10.2. The van der Waals surface area contributed by atoms with Gasteiger partial charge in [-0.05, 0) is 12.1 Å². The van der Waals surface area contributed by atoms with Gasteiger partial charge in [0.1, 0.15) is 6.61 Å². The second-order valence-corrected chi connectivity index (χ2v) is 4.80. The number of ether oxygens (including phenoxy) is 1. The van der Waals surface area contributed by atoms with Gasteiger partial charge in [-0.2, -0.15) is 5.10 Å². The molecule has 3 rings (SSSR count). The number of aromatic nitrogens is 2. The van der Waals surface area contributed by atoms with Gasteiger partial charge in [-0.25, -0.2) is 4.98 Å². The molecule has 0 unspecified atom stereocenters. The first kappa shape index (κ1) is 14.8. The van der Waals surface area contributed by atoms with E-state index < -0.39 is 0 Å². The molecule has 1 N–H and O–H groups in total. The smallest absolute Gasteiger partial charge is 0.219 e. The zero-order valence-electron chi connectivity index (χ0n) is 12.5. The van der Waals surface area contributed by atoms with E-state index in [-0.39, 0.29) is 0 Å². The SMILES string of the molecule is CN/N=c1/cc(N2CCOc3cc(C=O)cnc32)ccn1C=O. The predicted molar refractivity (Wildman–Crippen MR) is 83.3 cm³/mol. The van der Waals surface area contributed by atoms with Gasteiger partial charge in [-0.3, -0.25) is 14.2 Å². The van der Waals surface area contributed by atoms with E-state index in [0.717, 1.165) is 12.0 Å². The Bertz CT molecular complexity index is 815. The monoisotopic (exact) mass is 313 g/mol. The van der Waals surface area contributed by atoms with Crippen molar-refractivity contribution in [1.82, 2.24) is 15.0 Å². The molecule has 0 saturated heterocycles. The fourth-order valence-corrected chi connectivity index (χ4v) is 2.38. The summed E-state index contributed by atoms with van der Waals surface area (Å²) in [6.45, 7) is 1.07. The summed E-state index contributed by atoms with van der Waals surface area (Å²) in [6.07, 6.45) is 4.55. The zero-order chi connectivity index (χ0) is 16.2. The Hall–Kier alpha value is -3.16. The average Bonchev–Trinajstić information content (AvgIpc) is 2.61. The largest absolute Gasteiger partial charge is 0.488 e. The summed E-state index contributed by atoms with van der Waals surface area (Å²) in [5.74, 6) is 1.18. The number of carbonyl (C=O) groups excluding carboxylic acids is 2. The maximum atomic E-state index is 11.1. The molecule has 3 heterocycles. The van der Waals surface area contributed by atoms with Crippen LogP contribution in [0.3, 0.4) is 0 Å². The van der Waals surface area contributed by atoms with Crippen LogP contribution in [0.15, 0.2) is 35.7 Å². The van der Waals surface area contributed by atoms with Crippen molar-refractivity contribution >= 4 is 24.2 Å². The van der Waals surface area contributed by atoms with E-state index in [2.05, 4.69) is 15.5 Å². The first-order valence-corrected chi connectivity index (χ1v) is 7.00. The normalized spacial score (nSPS) is 14.0. The van der Waals surface area contributed by atoms with E-state index >= 15 is 0 Å². The minimum atomic E-state index is 0.461. The third-order valence-corrected chi connectivity index (χ3v) is 3.42. The molecule has 1 aliphatic heterocycles. The second kappa shape index (κ2) is 6.30. The molecule has 118 valence electrons. The Morgan fingerprint density at radius 1 is 1.39 bits per heavy atom. The molecule has 2 aromatic rings. The van der Waals surface area contributed by atoms with Crippen molar-refractivity contribution in [3.05, 3.63) is 41.6 Å². The van der Waals surface area contributed by atoms with Crippen molar-refractivity contribution in [3.63, 3.8) is 0 Å². The summed E-state index contributed by atoms with van der Waals surface area (Å²) in [7, 11) is 1.66. The number of carbonyl (C=O) groups is 2. The van der Waals surface area contributed by atoms with Gasteiger partial charge < -0.3 is 15.1 Å². The maximum absolute atomic E-state index is 11.1. The second-order valence-electron chi connectivity index (χ2n) is 4.80. The van der Waals surface area contributed by atoms with Crippen molar-refractivity contribution in [2.45, 2.75) is 0 Å². The van der Waals surface area contributed by atoms with Crippen molar-refractivity contribution in [3.8, 4) is 5.75 Å². The molecule has 0 amide bonds. The maximum Gasteiger partial charge on any atom is 0.219 e. The summed E-state index contributed by atoms with van der Waals surface area (Å²) in [5.41, 5.74) is 4.43. The summed E-state index contributed by atoms with van der Waals surface area (Å²) in [5, 5.41) is 4.07. The van der Waals surface area contributed by atoms with Crippen LogP contribution in [0.2, 0.25) is 0 Å². The lowest BCUT2D eigenvalue weighted by molar-refractivity contribution is 0.112. The summed E-state index contributed by atoms with van der Waals surface area (Å²) < 4.78 is 6.95. The number of rotatable bonds is 4. The van der Waals surface area contributed by atoms with Gasteiger partial charge >= 0.3 is 0 Å². The number of hydrogen-bond acceptors (Lipinski definition) is 7. The molecule has 0 bridgehead atoms. The van der Waals surface area contributed by atoms with E-state index in [0.29, 0.717) is 42.2 Å². The van der Waals surface area contributed by atoms with Gasteiger partial charge in [0.2, 0.25) is 6.41 Å². The van der Waals surface area contributed by atoms with Crippen molar-refractivity contribution in [1.29, 1.82) is 0 Å². The highest BCUT2D eigenvalue weighted by atomic mass is 16.5. The van der Waals surface area contributed by atoms with Crippen molar-refractivity contribution in [2.24, 2.45) is 5.10 Å². The quantitative estimate of drug-likeness (QED) is 0.645. The van der Waals surface area contributed by atoms with Crippen LogP contribution in [0, 0.1) is 0 Å². The highest BCUT2D eigenvalue weighted by molar-refractivity contribution is 5.78. The topological polar surface area (TPSA) is 88.8 Å². The molecule has 0 fully saturated rings. The molecule has 0 aromatic carbocycles. The van der Waals surface area contributed by atoms with Crippen molar-refractivity contribution < 1.29 is 14.3 Å². The fraction of sp³-hybridized carbons (Fsp3) is 0.200. The minimum absolute atomic E-state index is 0.461. The van der Waals surface area contributed by atoms with Gasteiger partial charge in [0, 0.05) is 36.8 Å². The van der Waals surface area contributed by atoms with E-state index in [1.807, 2.05) is 4.90 Å². The number of anilines is 2. The van der Waals surface area contributed by atoms with Crippen LogP contribution in [0.1, 0.15) is 10.4 Å². The van der Waals surface area contributed by atoms with Crippen LogP contribution >= 0.6 is 0 Å². The Kier molecular flexibility index (Phi) is 4.05. The Labute approximate surface area is 132 Å². The number of pyridine rings is 2. The van der Waals surface area contributed by atoms with Crippen LogP contribution in [0.4, 0.5) is 11.5 Å². The van der Waals surface area contributed by atoms with Gasteiger partial charge in [-0.1, -0.05) is 0 Å². The highest BCUT2D eigenvalue weighted by Crippen LogP contribution is 2.34. The van der Waals surface area contributed by atoms with E-state index in [4.69, 9.17) is 4.74 Å². The molecule has 0 radical (unpaired) electrons. The van der Waals surface area contributed by atoms with Crippen molar-refractivity contribution in [2.75, 3.05) is 25.1 Å². The van der Waals surface area contributed by atoms with Crippen LogP contribution in [0.25, 0.3) is 0 Å². The summed E-state index contributed by atoms with van der Waals surface area (Å²) in [6, 6.07) is 5.23.